The molecule has 14 heavy (non-hydrogen) atoms. The zero-order valence-electron chi connectivity index (χ0n) is 9.05. The van der Waals surface area contributed by atoms with Crippen LogP contribution >= 0.6 is 0 Å². The summed E-state index contributed by atoms with van der Waals surface area (Å²) < 4.78 is 0. The summed E-state index contributed by atoms with van der Waals surface area (Å²) in [5, 5.41) is 20.8. The van der Waals surface area contributed by atoms with E-state index in [9.17, 15) is 9.90 Å². The van der Waals surface area contributed by atoms with Gasteiger partial charge in [0.15, 0.2) is 0 Å². The fourth-order valence-corrected chi connectivity index (χ4v) is 1.10. The first-order chi connectivity index (χ1) is 6.42. The Kier molecular flexibility index (Phi) is 6.49. The first-order valence-corrected chi connectivity index (χ1v) is 5.07. The Hall–Kier alpha value is -0.610. The first-order valence-electron chi connectivity index (χ1n) is 5.07. The summed E-state index contributed by atoms with van der Waals surface area (Å²) in [6, 6.07) is 0. The predicted molar refractivity (Wildman–Crippen MR) is 55.3 cm³/mol. The minimum atomic E-state index is -0.727. The van der Waals surface area contributed by atoms with E-state index in [1.165, 1.54) is 0 Å². The van der Waals surface area contributed by atoms with Crippen molar-refractivity contribution in [3.8, 4) is 0 Å². The van der Waals surface area contributed by atoms with Crippen molar-refractivity contribution in [2.24, 2.45) is 0 Å². The summed E-state index contributed by atoms with van der Waals surface area (Å²) in [5.74, 6) is -0.727. The number of aliphatic hydroxyl groups is 1. The van der Waals surface area contributed by atoms with Crippen molar-refractivity contribution in [2.45, 2.75) is 45.1 Å². The molecule has 4 nitrogen and oxygen atoms in total. The highest BCUT2D eigenvalue weighted by atomic mass is 16.4. The second-order valence-corrected chi connectivity index (χ2v) is 4.19. The Morgan fingerprint density at radius 1 is 1.29 bits per heavy atom. The molecule has 4 heteroatoms. The molecule has 0 fully saturated rings. The number of carbonyl (C=O) groups is 1. The fourth-order valence-electron chi connectivity index (χ4n) is 1.10. The number of hydrogen-bond acceptors (Lipinski definition) is 3. The van der Waals surface area contributed by atoms with Gasteiger partial charge in [-0.2, -0.15) is 0 Å². The van der Waals surface area contributed by atoms with E-state index in [4.69, 9.17) is 5.11 Å². The Morgan fingerprint density at radius 2 is 1.93 bits per heavy atom. The lowest BCUT2D eigenvalue weighted by Crippen LogP contribution is -2.35. The van der Waals surface area contributed by atoms with Crippen LogP contribution < -0.4 is 5.32 Å². The average molecular weight is 203 g/mol. The highest BCUT2D eigenvalue weighted by Crippen LogP contribution is 2.00. The zero-order chi connectivity index (χ0) is 11.0. The monoisotopic (exact) mass is 203 g/mol. The standard InChI is InChI=1S/C10H21NO3/c1-10(2,14)8-11-7-5-3-4-6-9(12)13/h11,14H,3-8H2,1-2H3,(H,12,13). The molecule has 0 aliphatic heterocycles. The maximum absolute atomic E-state index is 10.2. The molecule has 0 saturated carbocycles. The Morgan fingerprint density at radius 3 is 2.43 bits per heavy atom. The van der Waals surface area contributed by atoms with E-state index in [0.717, 1.165) is 25.8 Å². The molecule has 0 rings (SSSR count). The van der Waals surface area contributed by atoms with Crippen LogP contribution in [0.15, 0.2) is 0 Å². The molecule has 84 valence electrons. The van der Waals surface area contributed by atoms with Crippen LogP contribution in [0.3, 0.4) is 0 Å². The molecule has 0 heterocycles. The van der Waals surface area contributed by atoms with Gasteiger partial charge >= 0.3 is 5.97 Å². The van der Waals surface area contributed by atoms with E-state index < -0.39 is 11.6 Å². The summed E-state index contributed by atoms with van der Waals surface area (Å²) >= 11 is 0. The molecule has 0 aromatic rings. The van der Waals surface area contributed by atoms with Crippen LogP contribution in [-0.2, 0) is 4.79 Å². The zero-order valence-corrected chi connectivity index (χ0v) is 9.05. The van der Waals surface area contributed by atoms with Gasteiger partial charge < -0.3 is 15.5 Å². The molecule has 0 spiro atoms. The molecule has 0 aromatic heterocycles. The lowest BCUT2D eigenvalue weighted by molar-refractivity contribution is -0.137. The van der Waals surface area contributed by atoms with Crippen molar-refractivity contribution in [1.82, 2.24) is 5.32 Å². The maximum Gasteiger partial charge on any atom is 0.303 e. The molecule has 0 aliphatic rings. The van der Waals surface area contributed by atoms with E-state index in [1.54, 1.807) is 13.8 Å². The number of unbranched alkanes of at least 4 members (excludes halogenated alkanes) is 2. The van der Waals surface area contributed by atoms with Gasteiger partial charge in [0.05, 0.1) is 5.60 Å². The Labute approximate surface area is 85.3 Å². The van der Waals surface area contributed by atoms with Crippen molar-refractivity contribution in [2.75, 3.05) is 13.1 Å². The van der Waals surface area contributed by atoms with E-state index in [0.29, 0.717) is 6.54 Å². The molecule has 0 unspecified atom stereocenters. The number of rotatable bonds is 8. The first kappa shape index (κ1) is 13.4. The smallest absolute Gasteiger partial charge is 0.303 e. The van der Waals surface area contributed by atoms with Gasteiger partial charge in [-0.1, -0.05) is 6.42 Å². The van der Waals surface area contributed by atoms with E-state index in [1.807, 2.05) is 0 Å². The molecule has 0 aliphatic carbocycles. The third-order valence-electron chi connectivity index (χ3n) is 1.80. The van der Waals surface area contributed by atoms with Crippen molar-refractivity contribution < 1.29 is 15.0 Å². The van der Waals surface area contributed by atoms with Gasteiger partial charge in [0.25, 0.3) is 0 Å². The topological polar surface area (TPSA) is 69.6 Å². The molecular weight excluding hydrogens is 182 g/mol. The van der Waals surface area contributed by atoms with E-state index in [2.05, 4.69) is 5.32 Å². The molecular formula is C10H21NO3. The summed E-state index contributed by atoms with van der Waals surface area (Å²) in [6.07, 6.45) is 2.87. The lowest BCUT2D eigenvalue weighted by atomic mass is 10.1. The average Bonchev–Trinajstić information content (AvgIpc) is 2.00. The molecule has 0 saturated heterocycles. The summed E-state index contributed by atoms with van der Waals surface area (Å²) in [4.78, 5) is 10.2. The second-order valence-electron chi connectivity index (χ2n) is 4.19. The third-order valence-corrected chi connectivity index (χ3v) is 1.80. The van der Waals surface area contributed by atoms with E-state index >= 15 is 0 Å². The fraction of sp³-hybridized carbons (Fsp3) is 0.900. The number of nitrogens with one attached hydrogen (secondary N) is 1. The summed E-state index contributed by atoms with van der Waals surface area (Å²) in [7, 11) is 0. The SMILES string of the molecule is CC(C)(O)CNCCCCCC(=O)O. The normalized spacial score (nSPS) is 11.6. The molecule has 0 aromatic carbocycles. The minimum absolute atomic E-state index is 0.255. The number of carboxylic acid groups (broad SMARTS) is 1. The van der Waals surface area contributed by atoms with Crippen molar-refractivity contribution in [3.63, 3.8) is 0 Å². The highest BCUT2D eigenvalue weighted by molar-refractivity contribution is 5.66. The van der Waals surface area contributed by atoms with Gasteiger partial charge in [-0.3, -0.25) is 4.79 Å². The van der Waals surface area contributed by atoms with Gasteiger partial charge in [0, 0.05) is 13.0 Å². The molecule has 3 N–H and O–H groups in total. The van der Waals surface area contributed by atoms with Gasteiger partial charge in [-0.15, -0.1) is 0 Å². The van der Waals surface area contributed by atoms with Gasteiger partial charge in [0.1, 0.15) is 0 Å². The largest absolute Gasteiger partial charge is 0.481 e. The van der Waals surface area contributed by atoms with Crippen molar-refractivity contribution >= 4 is 5.97 Å². The van der Waals surface area contributed by atoms with Crippen LogP contribution in [0.1, 0.15) is 39.5 Å². The Balaban J connectivity index is 3.11. The molecule has 0 bridgehead atoms. The van der Waals surface area contributed by atoms with Gasteiger partial charge in [-0.25, -0.2) is 0 Å². The van der Waals surface area contributed by atoms with Crippen LogP contribution in [0.2, 0.25) is 0 Å². The maximum atomic E-state index is 10.2. The molecule has 0 amide bonds. The van der Waals surface area contributed by atoms with Crippen molar-refractivity contribution in [1.29, 1.82) is 0 Å². The van der Waals surface area contributed by atoms with E-state index in [-0.39, 0.29) is 6.42 Å². The second kappa shape index (κ2) is 6.79. The molecule has 0 radical (unpaired) electrons. The van der Waals surface area contributed by atoms with Crippen LogP contribution in [0.5, 0.6) is 0 Å². The lowest BCUT2D eigenvalue weighted by Gasteiger charge is -2.17. The van der Waals surface area contributed by atoms with Crippen molar-refractivity contribution in [3.05, 3.63) is 0 Å². The quantitative estimate of drug-likeness (QED) is 0.515. The highest BCUT2D eigenvalue weighted by Gasteiger charge is 2.10. The van der Waals surface area contributed by atoms with Gasteiger partial charge in [0.2, 0.25) is 0 Å². The third kappa shape index (κ3) is 11.4. The predicted octanol–water partition coefficient (Wildman–Crippen LogP) is 0.992. The van der Waals surface area contributed by atoms with Crippen LogP contribution in [0.4, 0.5) is 0 Å². The van der Waals surface area contributed by atoms with Crippen LogP contribution in [0, 0.1) is 0 Å². The van der Waals surface area contributed by atoms with Crippen LogP contribution in [-0.4, -0.2) is 34.9 Å². The van der Waals surface area contributed by atoms with Crippen LogP contribution in [0.25, 0.3) is 0 Å². The number of carboxylic acids is 1. The summed E-state index contributed by atoms with van der Waals surface area (Å²) in [5.41, 5.74) is -0.666. The summed E-state index contributed by atoms with van der Waals surface area (Å²) in [6.45, 7) is 4.92. The number of aliphatic carboxylic acids is 1. The van der Waals surface area contributed by atoms with Gasteiger partial charge in [-0.05, 0) is 33.2 Å². The number of hydrogen-bond donors (Lipinski definition) is 3. The Bertz CT molecular complexity index is 163. The minimum Gasteiger partial charge on any atom is -0.481 e. The molecule has 0 atom stereocenters.